The molecule has 1 aromatic heterocycles. The number of carbonyl (C=O) groups excluding carboxylic acids is 1. The minimum atomic E-state index is -1.57. The minimum Gasteiger partial charge on any atom is -0.467 e. The van der Waals surface area contributed by atoms with Crippen LogP contribution in [-0.2, 0) is 20.7 Å². The molecule has 5 heteroatoms. The van der Waals surface area contributed by atoms with E-state index in [1.54, 1.807) is 11.3 Å². The van der Waals surface area contributed by atoms with Gasteiger partial charge in [0, 0.05) is 11.3 Å². The van der Waals surface area contributed by atoms with E-state index in [2.05, 4.69) is 4.74 Å². The van der Waals surface area contributed by atoms with E-state index in [4.69, 9.17) is 4.74 Å². The lowest BCUT2D eigenvalue weighted by molar-refractivity contribution is -0.166. The fourth-order valence-electron chi connectivity index (χ4n) is 1.18. The van der Waals surface area contributed by atoms with Crippen LogP contribution in [0.5, 0.6) is 0 Å². The largest absolute Gasteiger partial charge is 0.467 e. The van der Waals surface area contributed by atoms with Gasteiger partial charge in [0.05, 0.1) is 20.3 Å². The van der Waals surface area contributed by atoms with Crippen molar-refractivity contribution >= 4 is 17.3 Å². The minimum absolute atomic E-state index is 0.0505. The van der Waals surface area contributed by atoms with E-state index in [-0.39, 0.29) is 6.61 Å². The van der Waals surface area contributed by atoms with Crippen LogP contribution in [0.4, 0.5) is 0 Å². The highest BCUT2D eigenvalue weighted by atomic mass is 32.1. The van der Waals surface area contributed by atoms with Gasteiger partial charge in [0.15, 0.2) is 5.60 Å². The molecule has 0 bridgehead atoms. The van der Waals surface area contributed by atoms with Gasteiger partial charge in [-0.3, -0.25) is 0 Å². The molecule has 0 aliphatic rings. The number of thiophene rings is 1. The third kappa shape index (κ3) is 3.92. The summed E-state index contributed by atoms with van der Waals surface area (Å²) in [5, 5.41) is 11.6. The number of methoxy groups -OCH3 is 1. The summed E-state index contributed by atoms with van der Waals surface area (Å²) in [6.07, 6.45) is 0.787. The summed E-state index contributed by atoms with van der Waals surface area (Å²) in [4.78, 5) is 12.3. The maximum absolute atomic E-state index is 11.1. The molecule has 0 aliphatic heterocycles. The molecule has 1 aromatic rings. The van der Waals surface area contributed by atoms with Gasteiger partial charge in [-0.05, 0) is 18.4 Å². The van der Waals surface area contributed by atoms with Crippen molar-refractivity contribution in [2.24, 2.45) is 0 Å². The molecular formula is C11H16O4S. The lowest BCUT2D eigenvalue weighted by Gasteiger charge is -2.19. The molecule has 90 valence electrons. The van der Waals surface area contributed by atoms with Crippen LogP contribution in [0.1, 0.15) is 11.8 Å². The predicted molar refractivity (Wildman–Crippen MR) is 61.5 cm³/mol. The number of hydrogen-bond acceptors (Lipinski definition) is 5. The first kappa shape index (κ1) is 13.2. The second-order valence-electron chi connectivity index (χ2n) is 3.65. The Morgan fingerprint density at radius 3 is 2.94 bits per heavy atom. The topological polar surface area (TPSA) is 55.8 Å². The van der Waals surface area contributed by atoms with Crippen LogP contribution in [-0.4, -0.2) is 37.0 Å². The zero-order chi connectivity index (χ0) is 12.0. The number of esters is 1. The SMILES string of the molecule is COC(=O)C(C)(O)COCCc1cccs1. The number of ether oxygens (including phenoxy) is 2. The van der Waals surface area contributed by atoms with Gasteiger partial charge in [-0.15, -0.1) is 11.3 Å². The Bertz CT molecular complexity index is 319. The van der Waals surface area contributed by atoms with Crippen molar-refractivity contribution in [1.82, 2.24) is 0 Å². The van der Waals surface area contributed by atoms with Crippen LogP contribution >= 0.6 is 11.3 Å². The highest BCUT2D eigenvalue weighted by Gasteiger charge is 2.31. The molecule has 0 spiro atoms. The van der Waals surface area contributed by atoms with Crippen molar-refractivity contribution in [3.05, 3.63) is 22.4 Å². The van der Waals surface area contributed by atoms with E-state index in [0.717, 1.165) is 6.42 Å². The van der Waals surface area contributed by atoms with Gasteiger partial charge in [-0.1, -0.05) is 6.07 Å². The quantitative estimate of drug-likeness (QED) is 0.604. The fourth-order valence-corrected chi connectivity index (χ4v) is 1.87. The van der Waals surface area contributed by atoms with Crippen molar-refractivity contribution in [2.75, 3.05) is 20.3 Å². The Morgan fingerprint density at radius 1 is 1.62 bits per heavy atom. The van der Waals surface area contributed by atoms with Crippen molar-refractivity contribution in [2.45, 2.75) is 18.9 Å². The summed E-state index contributed by atoms with van der Waals surface area (Å²) >= 11 is 1.66. The lowest BCUT2D eigenvalue weighted by atomic mass is 10.1. The van der Waals surface area contributed by atoms with Gasteiger partial charge in [0.1, 0.15) is 0 Å². The van der Waals surface area contributed by atoms with E-state index in [1.807, 2.05) is 17.5 Å². The van der Waals surface area contributed by atoms with Crippen molar-refractivity contribution in [3.63, 3.8) is 0 Å². The normalized spacial score (nSPS) is 14.4. The highest BCUT2D eigenvalue weighted by molar-refractivity contribution is 7.09. The van der Waals surface area contributed by atoms with Crippen molar-refractivity contribution < 1.29 is 19.4 Å². The van der Waals surface area contributed by atoms with Gasteiger partial charge in [-0.2, -0.15) is 0 Å². The smallest absolute Gasteiger partial charge is 0.339 e. The molecule has 0 fully saturated rings. The lowest BCUT2D eigenvalue weighted by Crippen LogP contribution is -2.41. The molecule has 1 unspecified atom stereocenters. The average Bonchev–Trinajstić information content (AvgIpc) is 2.76. The molecule has 0 saturated carbocycles. The molecule has 1 rings (SSSR count). The van der Waals surface area contributed by atoms with Gasteiger partial charge >= 0.3 is 5.97 Å². The molecule has 0 aliphatic carbocycles. The monoisotopic (exact) mass is 244 g/mol. The third-order valence-electron chi connectivity index (χ3n) is 2.08. The zero-order valence-electron chi connectivity index (χ0n) is 9.43. The Labute approximate surface area is 98.8 Å². The number of hydrogen-bond donors (Lipinski definition) is 1. The van der Waals surface area contributed by atoms with Gasteiger partial charge in [0.25, 0.3) is 0 Å². The van der Waals surface area contributed by atoms with Crippen LogP contribution < -0.4 is 0 Å². The first-order valence-electron chi connectivity index (χ1n) is 4.97. The van der Waals surface area contributed by atoms with Crippen molar-refractivity contribution in [1.29, 1.82) is 0 Å². The fraction of sp³-hybridized carbons (Fsp3) is 0.545. The van der Waals surface area contributed by atoms with Gasteiger partial charge in [-0.25, -0.2) is 4.79 Å². The van der Waals surface area contributed by atoms with E-state index in [1.165, 1.54) is 18.9 Å². The first-order valence-corrected chi connectivity index (χ1v) is 5.85. The standard InChI is InChI=1S/C11H16O4S/c1-11(13,10(12)14-2)8-15-6-5-9-4-3-7-16-9/h3-4,7,13H,5-6,8H2,1-2H3. The second kappa shape index (κ2) is 5.98. The maximum Gasteiger partial charge on any atom is 0.339 e. The molecule has 1 N–H and O–H groups in total. The number of carbonyl (C=O) groups is 1. The number of rotatable bonds is 6. The van der Waals surface area contributed by atoms with Crippen LogP contribution in [0.15, 0.2) is 17.5 Å². The zero-order valence-corrected chi connectivity index (χ0v) is 10.3. The average molecular weight is 244 g/mol. The molecule has 1 atom stereocenters. The molecule has 0 radical (unpaired) electrons. The third-order valence-corrected chi connectivity index (χ3v) is 3.02. The second-order valence-corrected chi connectivity index (χ2v) is 4.68. The van der Waals surface area contributed by atoms with E-state index in [9.17, 15) is 9.90 Å². The number of aliphatic hydroxyl groups is 1. The van der Waals surface area contributed by atoms with E-state index >= 15 is 0 Å². The Kier molecular flexibility index (Phi) is 4.92. The summed E-state index contributed by atoms with van der Waals surface area (Å²) in [6, 6.07) is 4.00. The Hall–Kier alpha value is -0.910. The summed E-state index contributed by atoms with van der Waals surface area (Å²) < 4.78 is 9.70. The summed E-state index contributed by atoms with van der Waals surface area (Å²) in [5.74, 6) is -0.677. The maximum atomic E-state index is 11.1. The van der Waals surface area contributed by atoms with Crippen molar-refractivity contribution in [3.8, 4) is 0 Å². The Morgan fingerprint density at radius 2 is 2.38 bits per heavy atom. The summed E-state index contributed by atoms with van der Waals surface area (Å²) in [6.45, 7) is 1.81. The Balaban J connectivity index is 2.22. The molecule has 0 aromatic carbocycles. The van der Waals surface area contributed by atoms with Crippen LogP contribution in [0, 0.1) is 0 Å². The molecule has 1 heterocycles. The molecular weight excluding hydrogens is 228 g/mol. The van der Waals surface area contributed by atoms with Crippen LogP contribution in [0.3, 0.4) is 0 Å². The summed E-state index contributed by atoms with van der Waals surface area (Å²) in [5.41, 5.74) is -1.57. The van der Waals surface area contributed by atoms with Crippen LogP contribution in [0.25, 0.3) is 0 Å². The van der Waals surface area contributed by atoms with E-state index in [0.29, 0.717) is 6.61 Å². The molecule has 16 heavy (non-hydrogen) atoms. The molecule has 0 saturated heterocycles. The molecule has 4 nitrogen and oxygen atoms in total. The van der Waals surface area contributed by atoms with Crippen LogP contribution in [0.2, 0.25) is 0 Å². The predicted octanol–water partition coefficient (Wildman–Crippen LogP) is 1.23. The highest BCUT2D eigenvalue weighted by Crippen LogP contribution is 2.10. The van der Waals surface area contributed by atoms with Gasteiger partial charge in [0.2, 0.25) is 0 Å². The summed E-state index contributed by atoms with van der Waals surface area (Å²) in [7, 11) is 1.24. The first-order chi connectivity index (χ1) is 7.56. The van der Waals surface area contributed by atoms with Gasteiger partial charge < -0.3 is 14.6 Å². The van der Waals surface area contributed by atoms with E-state index < -0.39 is 11.6 Å². The molecule has 0 amide bonds.